The van der Waals surface area contributed by atoms with E-state index in [1.807, 2.05) is 0 Å². The van der Waals surface area contributed by atoms with Gasteiger partial charge in [0.15, 0.2) is 25.2 Å². The Labute approximate surface area is 364 Å². The molecule has 27 nitrogen and oxygen atoms in total. The molecule has 64 heavy (non-hydrogen) atoms. The van der Waals surface area contributed by atoms with E-state index in [9.17, 15) is 81.4 Å². The first-order valence-corrected chi connectivity index (χ1v) is 20.4. The molecule has 1 amide bonds. The molecule has 4 aliphatic rings. The highest BCUT2D eigenvalue weighted by molar-refractivity contribution is 5.73. The van der Waals surface area contributed by atoms with E-state index in [-0.39, 0.29) is 6.54 Å². The predicted molar refractivity (Wildman–Crippen MR) is 205 cm³/mol. The smallest absolute Gasteiger partial charge is 0.217 e. The zero-order valence-corrected chi connectivity index (χ0v) is 34.5. The van der Waals surface area contributed by atoms with Crippen LogP contribution in [-0.2, 0) is 42.7 Å². The van der Waals surface area contributed by atoms with E-state index in [1.165, 1.54) is 13.1 Å². The summed E-state index contributed by atoms with van der Waals surface area (Å²) in [7, 11) is 0. The third kappa shape index (κ3) is 12.0. The lowest BCUT2D eigenvalue weighted by Crippen LogP contribution is -2.70. The number of aliphatic hydroxyl groups excluding tert-OH is 15. The average Bonchev–Trinajstić information content (AvgIpc) is 3.28. The first kappa shape index (κ1) is 52.5. The quantitative estimate of drug-likeness (QED) is 0.0612. The van der Waals surface area contributed by atoms with Crippen LogP contribution in [0.3, 0.4) is 0 Å². The van der Waals surface area contributed by atoms with Gasteiger partial charge < -0.3 is 125 Å². The minimum Gasteiger partial charge on any atom is -0.394 e. The van der Waals surface area contributed by atoms with Gasteiger partial charge in [0.25, 0.3) is 0 Å². The van der Waals surface area contributed by atoms with E-state index < -0.39 is 180 Å². The van der Waals surface area contributed by atoms with Crippen molar-refractivity contribution >= 4 is 11.7 Å². The standard InChI is InChI=1S/C37H61N3O24/c1-12-21(48)26(53)28(55)35(57-12)64-33-27(54)23(50)16(9-42)59-37(33)62-31-18(11-44)60-34(20(25(31)52)40-13(2)45)63-32-24(51)17(10-43)58-36(29(32)56)61-30(15(47)8-41)22(49)14(46)7-39-19-5-3-4-6-38-19/h3-6,12,14-18,20-37,41-44,46-56H,7-11H2,1-2H3,(H,38,39)(H,40,45)/t12-,14-,15+,16+,17+,18+,20+,21+,22+,23-,24-,25+,26+,27-,28-,29+,30+,31+,32-,33+,34-,35-,36-,37-/m0/s1. The Morgan fingerprint density at radius 1 is 0.656 bits per heavy atom. The highest BCUT2D eigenvalue weighted by Gasteiger charge is 2.56. The van der Waals surface area contributed by atoms with Crippen LogP contribution in [0.15, 0.2) is 24.4 Å². The Morgan fingerprint density at radius 2 is 1.27 bits per heavy atom. The number of carbonyl (C=O) groups excluding carboxylic acids is 1. The maximum atomic E-state index is 12.5. The van der Waals surface area contributed by atoms with E-state index in [0.29, 0.717) is 5.82 Å². The maximum absolute atomic E-state index is 12.5. The molecule has 4 aliphatic heterocycles. The van der Waals surface area contributed by atoms with Crippen molar-refractivity contribution in [2.75, 3.05) is 38.3 Å². The molecule has 17 N–H and O–H groups in total. The number of carbonyl (C=O) groups is 1. The Kier molecular flexibility index (Phi) is 19.3. The Balaban J connectivity index is 1.36. The zero-order chi connectivity index (χ0) is 47.2. The normalized spacial score (nSPS) is 42.6. The summed E-state index contributed by atoms with van der Waals surface area (Å²) in [6.45, 7) is -1.88. The summed E-state index contributed by atoms with van der Waals surface area (Å²) in [5.41, 5.74) is 0. The first-order chi connectivity index (χ1) is 30.4. The zero-order valence-electron chi connectivity index (χ0n) is 34.5. The highest BCUT2D eigenvalue weighted by Crippen LogP contribution is 2.35. The Morgan fingerprint density at radius 3 is 1.88 bits per heavy atom. The number of nitrogens with one attached hydrogen (secondary N) is 2. The number of pyridine rings is 1. The van der Waals surface area contributed by atoms with E-state index in [4.69, 9.17) is 37.9 Å². The molecule has 1 aromatic rings. The van der Waals surface area contributed by atoms with Crippen LogP contribution in [0.4, 0.5) is 5.82 Å². The summed E-state index contributed by atoms with van der Waals surface area (Å²) in [5, 5.41) is 165. The van der Waals surface area contributed by atoms with Gasteiger partial charge in [0.05, 0.1) is 38.6 Å². The van der Waals surface area contributed by atoms with Crippen molar-refractivity contribution in [3.63, 3.8) is 0 Å². The molecule has 4 saturated heterocycles. The molecule has 4 fully saturated rings. The number of aromatic nitrogens is 1. The summed E-state index contributed by atoms with van der Waals surface area (Å²) in [6, 6.07) is 3.11. The average molecular weight is 932 g/mol. The molecule has 368 valence electrons. The lowest BCUT2D eigenvalue weighted by Gasteiger charge is -2.50. The molecule has 24 atom stereocenters. The molecule has 5 rings (SSSR count). The second kappa shape index (κ2) is 23.5. The summed E-state index contributed by atoms with van der Waals surface area (Å²) in [6.07, 6.45) is -40.5. The molecule has 0 radical (unpaired) electrons. The van der Waals surface area contributed by atoms with Crippen LogP contribution < -0.4 is 10.6 Å². The second-order valence-corrected chi connectivity index (χ2v) is 15.8. The van der Waals surface area contributed by atoms with Gasteiger partial charge in [-0.25, -0.2) is 4.98 Å². The van der Waals surface area contributed by atoms with Gasteiger partial charge in [-0.2, -0.15) is 0 Å². The molecule has 0 unspecified atom stereocenters. The summed E-state index contributed by atoms with van der Waals surface area (Å²) >= 11 is 0. The second-order valence-electron chi connectivity index (χ2n) is 15.8. The number of hydrogen-bond donors (Lipinski definition) is 17. The van der Waals surface area contributed by atoms with E-state index in [1.54, 1.807) is 18.2 Å². The van der Waals surface area contributed by atoms with Crippen LogP contribution in [0.25, 0.3) is 0 Å². The van der Waals surface area contributed by atoms with Crippen molar-refractivity contribution < 1.29 is 119 Å². The third-order valence-electron chi connectivity index (χ3n) is 11.3. The largest absolute Gasteiger partial charge is 0.394 e. The minimum atomic E-state index is -2.14. The van der Waals surface area contributed by atoms with Crippen molar-refractivity contribution in [1.29, 1.82) is 0 Å². The topological polar surface area (TPSA) is 431 Å². The van der Waals surface area contributed by atoms with Crippen molar-refractivity contribution in [1.82, 2.24) is 10.3 Å². The number of anilines is 1. The van der Waals surface area contributed by atoms with Crippen LogP contribution >= 0.6 is 0 Å². The summed E-state index contributed by atoms with van der Waals surface area (Å²) in [5.74, 6) is -0.504. The fourth-order valence-corrected chi connectivity index (χ4v) is 7.64. The molecule has 0 spiro atoms. The highest BCUT2D eigenvalue weighted by atomic mass is 16.8. The van der Waals surface area contributed by atoms with Crippen LogP contribution in [0, 0.1) is 0 Å². The van der Waals surface area contributed by atoms with Crippen LogP contribution in [-0.4, -0.2) is 268 Å². The molecule has 1 aromatic heterocycles. The lowest BCUT2D eigenvalue weighted by atomic mass is 9.94. The molecule has 0 bridgehead atoms. The van der Waals surface area contributed by atoms with Crippen LogP contribution in [0.5, 0.6) is 0 Å². The van der Waals surface area contributed by atoms with E-state index in [0.717, 1.165) is 6.92 Å². The number of hydrogen-bond acceptors (Lipinski definition) is 26. The number of ether oxygens (including phenoxy) is 8. The molecular weight excluding hydrogens is 870 g/mol. The van der Waals surface area contributed by atoms with Gasteiger partial charge >= 0.3 is 0 Å². The monoisotopic (exact) mass is 931 g/mol. The van der Waals surface area contributed by atoms with E-state index >= 15 is 0 Å². The first-order valence-electron chi connectivity index (χ1n) is 20.4. The number of nitrogens with zero attached hydrogens (tertiary/aromatic N) is 1. The van der Waals surface area contributed by atoms with Gasteiger partial charge in [-0.1, -0.05) is 6.07 Å². The van der Waals surface area contributed by atoms with Gasteiger partial charge in [-0.3, -0.25) is 4.79 Å². The fraction of sp³-hybridized carbons (Fsp3) is 0.838. The van der Waals surface area contributed by atoms with Crippen molar-refractivity contribution in [3.05, 3.63) is 24.4 Å². The van der Waals surface area contributed by atoms with E-state index in [2.05, 4.69) is 15.6 Å². The SMILES string of the molecule is CC(=O)N[C@H]1[C@H](O[C@H]2[C@@H](O)[C@@H](CO)O[C@@H](O[C@@H]([C@H](O)[C@@H](O)CNc3ccccn3)[C@H](O)CO)[C@@H]2O)O[C@H](CO)[C@@H](O[C@@H]2O[C@H](CO)[C@H](O)[C@H](O)[C@H]2O[C@@H]2O[C@@H](C)[C@@H](O)[C@@H](O)[C@@H]2O)[C@@H]1O. The van der Waals surface area contributed by atoms with Crippen LogP contribution in [0.2, 0.25) is 0 Å². The Bertz CT molecular complexity index is 1560. The van der Waals surface area contributed by atoms with Crippen molar-refractivity contribution in [2.45, 2.75) is 161 Å². The van der Waals surface area contributed by atoms with Gasteiger partial charge in [-0.15, -0.1) is 0 Å². The predicted octanol–water partition coefficient (Wildman–Crippen LogP) is -9.60. The Hall–Kier alpha value is -2.50. The molecule has 27 heteroatoms. The van der Waals surface area contributed by atoms with Gasteiger partial charge in [0, 0.05) is 19.7 Å². The lowest BCUT2D eigenvalue weighted by molar-refractivity contribution is -0.389. The number of aliphatic hydroxyl groups is 15. The van der Waals surface area contributed by atoms with Gasteiger partial charge in [0.1, 0.15) is 116 Å². The number of rotatable bonds is 19. The van der Waals surface area contributed by atoms with Crippen molar-refractivity contribution in [3.8, 4) is 0 Å². The van der Waals surface area contributed by atoms with Gasteiger partial charge in [-0.05, 0) is 19.1 Å². The molecule has 0 saturated carbocycles. The van der Waals surface area contributed by atoms with Gasteiger partial charge in [0.2, 0.25) is 5.91 Å². The van der Waals surface area contributed by atoms with Crippen LogP contribution in [0.1, 0.15) is 13.8 Å². The number of amides is 1. The summed E-state index contributed by atoms with van der Waals surface area (Å²) in [4.78, 5) is 16.6. The summed E-state index contributed by atoms with van der Waals surface area (Å²) < 4.78 is 45.9. The minimum absolute atomic E-state index is 0.312. The molecular formula is C37H61N3O24. The molecule has 0 aliphatic carbocycles. The fourth-order valence-electron chi connectivity index (χ4n) is 7.64. The molecule has 5 heterocycles. The maximum Gasteiger partial charge on any atom is 0.217 e. The van der Waals surface area contributed by atoms with Crippen molar-refractivity contribution in [2.24, 2.45) is 0 Å². The third-order valence-corrected chi connectivity index (χ3v) is 11.3. The molecule has 0 aromatic carbocycles.